The van der Waals surface area contributed by atoms with Crippen LogP contribution in [0.25, 0.3) is 0 Å². The predicted octanol–water partition coefficient (Wildman–Crippen LogP) is 3.61. The van der Waals surface area contributed by atoms with Gasteiger partial charge in [-0.15, -0.1) is 0 Å². The molecule has 0 atom stereocenters. The third-order valence-electron chi connectivity index (χ3n) is 5.13. The minimum absolute atomic E-state index is 0.266. The second kappa shape index (κ2) is 8.34. The second-order valence-corrected chi connectivity index (χ2v) is 6.96. The van der Waals surface area contributed by atoms with E-state index in [9.17, 15) is 4.79 Å². The Morgan fingerprint density at radius 1 is 1.09 bits per heavy atom. The van der Waals surface area contributed by atoms with Gasteiger partial charge in [-0.3, -0.25) is 0 Å². The first-order valence-corrected chi connectivity index (χ1v) is 9.00. The highest BCUT2D eigenvalue weighted by Gasteiger charge is 2.30. The fourth-order valence-corrected chi connectivity index (χ4v) is 3.62. The number of carbonyl (C=O) groups is 1. The topological polar surface area (TPSA) is 50.4 Å². The average molecular weight is 316 g/mol. The van der Waals surface area contributed by atoms with Crippen molar-refractivity contribution in [1.82, 2.24) is 10.6 Å². The number of benzene rings is 1. The molecule has 2 fully saturated rings. The maximum absolute atomic E-state index is 11.8. The van der Waals surface area contributed by atoms with Crippen molar-refractivity contribution in [3.63, 3.8) is 0 Å². The minimum atomic E-state index is -0.303. The minimum Gasteiger partial charge on any atom is -0.445 e. The van der Waals surface area contributed by atoms with Crippen molar-refractivity contribution < 1.29 is 9.53 Å². The number of alkyl carbamates (subject to hydrolysis) is 1. The summed E-state index contributed by atoms with van der Waals surface area (Å²) >= 11 is 0. The van der Waals surface area contributed by atoms with Crippen LogP contribution < -0.4 is 10.6 Å². The van der Waals surface area contributed by atoms with Gasteiger partial charge in [0.25, 0.3) is 0 Å². The molecule has 0 unspecified atom stereocenters. The Morgan fingerprint density at radius 3 is 2.57 bits per heavy atom. The first-order chi connectivity index (χ1) is 11.3. The van der Waals surface area contributed by atoms with Gasteiger partial charge in [0.05, 0.1) is 0 Å². The van der Waals surface area contributed by atoms with E-state index in [1.165, 1.54) is 32.1 Å². The number of hydrogen-bond acceptors (Lipinski definition) is 3. The standard InChI is InChI=1S/C19H28N2O2/c22-19(23-14-16-8-2-1-3-9-16)21-18-12-17(13-18)20-11-10-15-6-4-5-7-15/h1-3,8-9,15,17-18,20H,4-7,10-14H2,(H,21,22). The van der Waals surface area contributed by atoms with E-state index in [1.54, 1.807) is 0 Å². The summed E-state index contributed by atoms with van der Waals surface area (Å²) in [5, 5.41) is 6.56. The molecule has 0 aliphatic heterocycles. The summed E-state index contributed by atoms with van der Waals surface area (Å²) in [4.78, 5) is 11.8. The van der Waals surface area contributed by atoms with Crippen LogP contribution in [0.3, 0.4) is 0 Å². The molecule has 0 radical (unpaired) electrons. The third kappa shape index (κ3) is 5.24. The van der Waals surface area contributed by atoms with Crippen LogP contribution in [0, 0.1) is 5.92 Å². The van der Waals surface area contributed by atoms with Crippen molar-refractivity contribution in [2.75, 3.05) is 6.54 Å². The van der Waals surface area contributed by atoms with Crippen LogP contribution in [-0.2, 0) is 11.3 Å². The number of rotatable bonds is 7. The van der Waals surface area contributed by atoms with Crippen molar-refractivity contribution in [3.8, 4) is 0 Å². The number of ether oxygens (including phenoxy) is 1. The van der Waals surface area contributed by atoms with E-state index >= 15 is 0 Å². The SMILES string of the molecule is O=C(NC1CC(NCCC2CCCC2)C1)OCc1ccccc1. The van der Waals surface area contributed by atoms with Crippen molar-refractivity contribution in [1.29, 1.82) is 0 Å². The normalized spacial score (nSPS) is 24.2. The average Bonchev–Trinajstić information content (AvgIpc) is 3.05. The number of amides is 1. The number of carbonyl (C=O) groups excluding carboxylic acids is 1. The molecular formula is C19H28N2O2. The molecule has 4 heteroatoms. The van der Waals surface area contributed by atoms with Crippen LogP contribution in [0.1, 0.15) is 50.5 Å². The smallest absolute Gasteiger partial charge is 0.407 e. The van der Waals surface area contributed by atoms with Gasteiger partial charge >= 0.3 is 6.09 Å². The predicted molar refractivity (Wildman–Crippen MR) is 91.2 cm³/mol. The van der Waals surface area contributed by atoms with Crippen LogP contribution in [0.5, 0.6) is 0 Å². The molecule has 1 aromatic rings. The Bertz CT molecular complexity index is 479. The third-order valence-corrected chi connectivity index (χ3v) is 5.13. The molecule has 4 nitrogen and oxygen atoms in total. The molecule has 2 N–H and O–H groups in total. The van der Waals surface area contributed by atoms with Crippen LogP contribution >= 0.6 is 0 Å². The lowest BCUT2D eigenvalue weighted by Gasteiger charge is -2.36. The van der Waals surface area contributed by atoms with E-state index in [1.807, 2.05) is 30.3 Å². The van der Waals surface area contributed by atoms with Crippen LogP contribution in [0.2, 0.25) is 0 Å². The molecule has 0 aromatic heterocycles. The Balaban J connectivity index is 1.23. The largest absolute Gasteiger partial charge is 0.445 e. The molecule has 23 heavy (non-hydrogen) atoms. The van der Waals surface area contributed by atoms with E-state index < -0.39 is 0 Å². The molecule has 2 saturated carbocycles. The number of nitrogens with one attached hydrogen (secondary N) is 2. The molecule has 2 aliphatic carbocycles. The molecule has 0 bridgehead atoms. The van der Waals surface area contributed by atoms with Crippen molar-refractivity contribution >= 4 is 6.09 Å². The van der Waals surface area contributed by atoms with E-state index in [4.69, 9.17) is 4.74 Å². The van der Waals surface area contributed by atoms with Crippen molar-refractivity contribution in [2.45, 2.75) is 63.6 Å². The number of hydrogen-bond donors (Lipinski definition) is 2. The van der Waals surface area contributed by atoms with Crippen LogP contribution in [0.15, 0.2) is 30.3 Å². The summed E-state index contributed by atoms with van der Waals surface area (Å²) in [7, 11) is 0. The highest BCUT2D eigenvalue weighted by molar-refractivity contribution is 5.67. The van der Waals surface area contributed by atoms with Gasteiger partial charge in [0.1, 0.15) is 6.61 Å². The molecule has 1 amide bonds. The summed E-state index contributed by atoms with van der Waals surface area (Å²) in [5.41, 5.74) is 1.02. The maximum Gasteiger partial charge on any atom is 0.407 e. The summed E-state index contributed by atoms with van der Waals surface area (Å²) in [6.45, 7) is 1.46. The van der Waals surface area contributed by atoms with E-state index in [-0.39, 0.29) is 12.1 Å². The summed E-state index contributed by atoms with van der Waals surface area (Å²) < 4.78 is 5.25. The lowest BCUT2D eigenvalue weighted by Crippen LogP contribution is -2.52. The molecule has 1 aromatic carbocycles. The highest BCUT2D eigenvalue weighted by Crippen LogP contribution is 2.27. The summed E-state index contributed by atoms with van der Waals surface area (Å²) in [6.07, 6.45) is 8.73. The van der Waals surface area contributed by atoms with Crippen LogP contribution in [0.4, 0.5) is 4.79 Å². The molecule has 0 spiro atoms. The molecule has 0 heterocycles. The van der Waals surface area contributed by atoms with Gasteiger partial charge in [-0.05, 0) is 37.3 Å². The van der Waals surface area contributed by atoms with Gasteiger partial charge in [0.2, 0.25) is 0 Å². The van der Waals surface area contributed by atoms with Gasteiger partial charge in [0, 0.05) is 12.1 Å². The van der Waals surface area contributed by atoms with Crippen LogP contribution in [-0.4, -0.2) is 24.7 Å². The first kappa shape index (κ1) is 16.3. The zero-order valence-electron chi connectivity index (χ0n) is 13.8. The fourth-order valence-electron chi connectivity index (χ4n) is 3.62. The zero-order chi connectivity index (χ0) is 15.9. The molecule has 2 aliphatic rings. The first-order valence-electron chi connectivity index (χ1n) is 9.00. The monoisotopic (exact) mass is 316 g/mol. The van der Waals surface area contributed by atoms with E-state index in [2.05, 4.69) is 10.6 Å². The molecule has 3 rings (SSSR count). The highest BCUT2D eigenvalue weighted by atomic mass is 16.5. The summed E-state index contributed by atoms with van der Waals surface area (Å²) in [5.74, 6) is 0.949. The maximum atomic E-state index is 11.8. The lowest BCUT2D eigenvalue weighted by atomic mass is 9.86. The van der Waals surface area contributed by atoms with Crippen molar-refractivity contribution in [2.24, 2.45) is 5.92 Å². The van der Waals surface area contributed by atoms with Gasteiger partial charge in [-0.25, -0.2) is 4.79 Å². The molecule has 0 saturated heterocycles. The fraction of sp³-hybridized carbons (Fsp3) is 0.632. The Hall–Kier alpha value is -1.55. The van der Waals surface area contributed by atoms with Crippen molar-refractivity contribution in [3.05, 3.63) is 35.9 Å². The summed E-state index contributed by atoms with van der Waals surface area (Å²) in [6, 6.07) is 10.6. The Morgan fingerprint density at radius 2 is 1.83 bits per heavy atom. The molecule has 126 valence electrons. The Kier molecular flexibility index (Phi) is 5.92. The molecular weight excluding hydrogens is 288 g/mol. The lowest BCUT2D eigenvalue weighted by molar-refractivity contribution is 0.125. The van der Waals surface area contributed by atoms with E-state index in [0.717, 1.165) is 30.9 Å². The Labute approximate surface area is 139 Å². The second-order valence-electron chi connectivity index (χ2n) is 6.96. The van der Waals surface area contributed by atoms with E-state index in [0.29, 0.717) is 12.6 Å². The van der Waals surface area contributed by atoms with Gasteiger partial charge < -0.3 is 15.4 Å². The quantitative estimate of drug-likeness (QED) is 0.808. The van der Waals surface area contributed by atoms with Gasteiger partial charge in [-0.2, -0.15) is 0 Å². The van der Waals surface area contributed by atoms with Gasteiger partial charge in [0.15, 0.2) is 0 Å². The van der Waals surface area contributed by atoms with Gasteiger partial charge in [-0.1, -0.05) is 56.0 Å². The zero-order valence-corrected chi connectivity index (χ0v) is 13.8.